The van der Waals surface area contributed by atoms with Crippen molar-refractivity contribution in [2.45, 2.75) is 63.0 Å². The second-order valence-corrected chi connectivity index (χ2v) is 9.88. The molecule has 158 valence electrons. The first-order valence-corrected chi connectivity index (χ1v) is 11.4. The van der Waals surface area contributed by atoms with Crippen LogP contribution in [-0.2, 0) is 11.2 Å². The van der Waals surface area contributed by atoms with Crippen molar-refractivity contribution >= 4 is 27.5 Å². The number of amides is 1. The fraction of sp³-hybridized carbons (Fsp3) is 0.667. The summed E-state index contributed by atoms with van der Waals surface area (Å²) in [5, 5.41) is 1.03. The van der Waals surface area contributed by atoms with Crippen LogP contribution in [0.2, 0.25) is 0 Å². The topological polar surface area (TPSA) is 107 Å². The Morgan fingerprint density at radius 3 is 2.72 bits per heavy atom. The Hall–Kier alpha value is -1.77. The molecule has 0 spiro atoms. The molecule has 1 amide bonds. The number of aromatic nitrogens is 2. The molecule has 4 N–H and O–H groups in total. The molecule has 0 saturated heterocycles. The summed E-state index contributed by atoms with van der Waals surface area (Å²) in [5.74, 6) is 1.22. The SMILES string of the molecule is CN(C)CC1CCC(Oc2ncnc3sc4c(c23)C(CC(N)C(N)=O)CC4)CC1. The predicted molar refractivity (Wildman–Crippen MR) is 115 cm³/mol. The first kappa shape index (κ1) is 20.5. The lowest BCUT2D eigenvalue weighted by atomic mass is 9.87. The molecule has 0 bridgehead atoms. The summed E-state index contributed by atoms with van der Waals surface area (Å²) in [7, 11) is 4.27. The number of nitrogens with two attached hydrogens (primary N) is 2. The van der Waals surface area contributed by atoms with E-state index in [1.807, 2.05) is 0 Å². The van der Waals surface area contributed by atoms with Gasteiger partial charge in [0, 0.05) is 11.4 Å². The molecule has 4 rings (SSSR count). The average Bonchev–Trinajstić information content (AvgIpc) is 3.23. The Morgan fingerprint density at radius 2 is 2.03 bits per heavy atom. The standard InChI is InChI=1S/C21H31N5O2S/c1-26(2)10-12-3-6-14(7-4-12)28-20-18-17-13(9-15(22)19(23)27)5-8-16(17)29-21(18)25-11-24-20/h11-15H,3-10,22H2,1-2H3,(H2,23,27). The monoisotopic (exact) mass is 417 g/mol. The summed E-state index contributed by atoms with van der Waals surface area (Å²) in [4.78, 5) is 25.0. The fourth-order valence-electron chi connectivity index (χ4n) is 4.89. The molecule has 8 heteroatoms. The van der Waals surface area contributed by atoms with Crippen molar-refractivity contribution in [3.63, 3.8) is 0 Å². The third kappa shape index (κ3) is 4.39. The first-order chi connectivity index (χ1) is 13.9. The molecule has 29 heavy (non-hydrogen) atoms. The molecule has 0 aromatic carbocycles. The van der Waals surface area contributed by atoms with Crippen molar-refractivity contribution in [1.82, 2.24) is 14.9 Å². The van der Waals surface area contributed by atoms with Gasteiger partial charge in [0.25, 0.3) is 0 Å². The number of carbonyl (C=O) groups is 1. The van der Waals surface area contributed by atoms with Crippen LogP contribution in [0, 0.1) is 5.92 Å². The van der Waals surface area contributed by atoms with Gasteiger partial charge in [0.05, 0.1) is 11.4 Å². The minimum absolute atomic E-state index is 0.204. The van der Waals surface area contributed by atoms with Crippen LogP contribution in [0.1, 0.15) is 54.9 Å². The van der Waals surface area contributed by atoms with E-state index in [1.165, 1.54) is 23.3 Å². The van der Waals surface area contributed by atoms with Crippen molar-refractivity contribution in [1.29, 1.82) is 0 Å². The van der Waals surface area contributed by atoms with Crippen LogP contribution >= 0.6 is 11.3 Å². The maximum absolute atomic E-state index is 11.5. The molecular weight excluding hydrogens is 386 g/mol. The highest BCUT2D eigenvalue weighted by atomic mass is 32.1. The van der Waals surface area contributed by atoms with Crippen molar-refractivity contribution < 1.29 is 9.53 Å². The average molecular weight is 418 g/mol. The van der Waals surface area contributed by atoms with Crippen LogP contribution in [0.25, 0.3) is 10.2 Å². The van der Waals surface area contributed by atoms with Crippen LogP contribution in [0.15, 0.2) is 6.33 Å². The number of rotatable bonds is 7. The molecule has 2 aromatic heterocycles. The number of primary amides is 1. The van der Waals surface area contributed by atoms with Gasteiger partial charge in [-0.3, -0.25) is 4.79 Å². The van der Waals surface area contributed by atoms with Crippen molar-refractivity contribution in [3.8, 4) is 5.88 Å². The largest absolute Gasteiger partial charge is 0.474 e. The van der Waals surface area contributed by atoms with E-state index in [1.54, 1.807) is 17.7 Å². The zero-order valence-corrected chi connectivity index (χ0v) is 18.1. The van der Waals surface area contributed by atoms with E-state index in [-0.39, 0.29) is 12.0 Å². The lowest BCUT2D eigenvalue weighted by Crippen LogP contribution is -2.37. The summed E-state index contributed by atoms with van der Waals surface area (Å²) in [6.45, 7) is 1.14. The summed E-state index contributed by atoms with van der Waals surface area (Å²) in [6.07, 6.45) is 8.85. The van der Waals surface area contributed by atoms with Crippen LogP contribution in [0.5, 0.6) is 5.88 Å². The highest BCUT2D eigenvalue weighted by Gasteiger charge is 2.33. The van der Waals surface area contributed by atoms with Gasteiger partial charge >= 0.3 is 0 Å². The van der Waals surface area contributed by atoms with Gasteiger partial charge in [-0.15, -0.1) is 11.3 Å². The number of aryl methyl sites for hydroxylation is 1. The second kappa shape index (κ2) is 8.53. The Balaban J connectivity index is 1.53. The van der Waals surface area contributed by atoms with E-state index in [9.17, 15) is 4.79 Å². The number of hydrogen-bond donors (Lipinski definition) is 2. The molecule has 2 heterocycles. The van der Waals surface area contributed by atoms with Gasteiger partial charge in [0.2, 0.25) is 11.8 Å². The number of hydrogen-bond acceptors (Lipinski definition) is 7. The van der Waals surface area contributed by atoms with Gasteiger partial charge in [-0.05, 0) is 76.4 Å². The van der Waals surface area contributed by atoms with Crippen molar-refractivity contribution in [3.05, 3.63) is 16.8 Å². The normalized spacial score (nSPS) is 25.3. The predicted octanol–water partition coefficient (Wildman–Crippen LogP) is 2.42. The van der Waals surface area contributed by atoms with Crippen LogP contribution in [0.4, 0.5) is 0 Å². The molecule has 2 aliphatic rings. The summed E-state index contributed by atoms with van der Waals surface area (Å²) in [6, 6.07) is -0.623. The minimum atomic E-state index is -0.623. The van der Waals surface area contributed by atoms with Gasteiger partial charge in [-0.25, -0.2) is 9.97 Å². The lowest BCUT2D eigenvalue weighted by molar-refractivity contribution is -0.119. The number of fused-ring (bicyclic) bond motifs is 3. The fourth-order valence-corrected chi connectivity index (χ4v) is 6.13. The summed E-state index contributed by atoms with van der Waals surface area (Å²) in [5.41, 5.74) is 12.6. The minimum Gasteiger partial charge on any atom is -0.474 e. The van der Waals surface area contributed by atoms with E-state index < -0.39 is 11.9 Å². The Kier molecular flexibility index (Phi) is 6.03. The number of thiophene rings is 1. The molecule has 2 unspecified atom stereocenters. The Morgan fingerprint density at radius 1 is 1.28 bits per heavy atom. The highest BCUT2D eigenvalue weighted by molar-refractivity contribution is 7.19. The maximum atomic E-state index is 11.5. The summed E-state index contributed by atoms with van der Waals surface area (Å²) >= 11 is 1.72. The van der Waals surface area contributed by atoms with Gasteiger partial charge in [0.1, 0.15) is 17.3 Å². The van der Waals surface area contributed by atoms with E-state index in [4.69, 9.17) is 16.2 Å². The molecule has 2 aromatic rings. The maximum Gasteiger partial charge on any atom is 0.234 e. The second-order valence-electron chi connectivity index (χ2n) is 8.80. The third-order valence-corrected chi connectivity index (χ3v) is 7.47. The van der Waals surface area contributed by atoms with Crippen LogP contribution in [-0.4, -0.2) is 53.6 Å². The van der Waals surface area contributed by atoms with E-state index >= 15 is 0 Å². The molecule has 2 atom stereocenters. The van der Waals surface area contributed by atoms with Crippen LogP contribution < -0.4 is 16.2 Å². The molecule has 1 fully saturated rings. The first-order valence-electron chi connectivity index (χ1n) is 10.5. The van der Waals surface area contributed by atoms with Gasteiger partial charge in [0.15, 0.2) is 0 Å². The molecule has 7 nitrogen and oxygen atoms in total. The van der Waals surface area contributed by atoms with Gasteiger partial charge < -0.3 is 21.1 Å². The molecule has 0 radical (unpaired) electrons. The molecular formula is C21H31N5O2S. The molecule has 2 aliphatic carbocycles. The quantitative estimate of drug-likeness (QED) is 0.716. The Bertz CT molecular complexity index is 875. The van der Waals surface area contributed by atoms with Crippen LogP contribution in [0.3, 0.4) is 0 Å². The summed E-state index contributed by atoms with van der Waals surface area (Å²) < 4.78 is 6.43. The highest BCUT2D eigenvalue weighted by Crippen LogP contribution is 2.47. The number of nitrogens with zero attached hydrogens (tertiary/aromatic N) is 3. The lowest BCUT2D eigenvalue weighted by Gasteiger charge is -2.30. The van der Waals surface area contributed by atoms with E-state index in [0.29, 0.717) is 12.3 Å². The van der Waals surface area contributed by atoms with Crippen molar-refractivity contribution in [2.24, 2.45) is 17.4 Å². The number of carbonyl (C=O) groups excluding carboxylic acids is 1. The number of ether oxygens (including phenoxy) is 1. The third-order valence-electron chi connectivity index (χ3n) is 6.29. The van der Waals surface area contributed by atoms with E-state index in [0.717, 1.165) is 48.4 Å². The van der Waals surface area contributed by atoms with E-state index in [2.05, 4.69) is 29.0 Å². The van der Waals surface area contributed by atoms with Gasteiger partial charge in [-0.1, -0.05) is 0 Å². The molecule has 0 aliphatic heterocycles. The zero-order chi connectivity index (χ0) is 20.5. The smallest absolute Gasteiger partial charge is 0.234 e. The Labute approximate surface area is 175 Å². The van der Waals surface area contributed by atoms with Crippen molar-refractivity contribution in [2.75, 3.05) is 20.6 Å². The zero-order valence-electron chi connectivity index (χ0n) is 17.3. The molecule has 1 saturated carbocycles. The van der Waals surface area contributed by atoms with Gasteiger partial charge in [-0.2, -0.15) is 0 Å².